The van der Waals surface area contributed by atoms with Gasteiger partial charge in [-0.05, 0) is 12.1 Å². The summed E-state index contributed by atoms with van der Waals surface area (Å²) in [6.07, 6.45) is 3.63. The lowest BCUT2D eigenvalue weighted by molar-refractivity contribution is -0.126. The Bertz CT molecular complexity index is 404. The Morgan fingerprint density at radius 3 is 2.56 bits per heavy atom. The van der Waals surface area contributed by atoms with Crippen molar-refractivity contribution >= 4 is 11.8 Å². The van der Waals surface area contributed by atoms with E-state index in [1.165, 1.54) is 0 Å². The molecule has 0 spiro atoms. The highest BCUT2D eigenvalue weighted by Gasteiger charge is 2.05. The van der Waals surface area contributed by atoms with Gasteiger partial charge in [-0.15, -0.1) is 6.58 Å². The van der Waals surface area contributed by atoms with E-state index in [2.05, 4.69) is 22.2 Å². The summed E-state index contributed by atoms with van der Waals surface area (Å²) in [6.45, 7) is 4.30. The molecule has 0 saturated heterocycles. The van der Waals surface area contributed by atoms with E-state index in [0.717, 1.165) is 5.69 Å². The summed E-state index contributed by atoms with van der Waals surface area (Å²) in [5, 5.41) is 5.32. The number of aromatic nitrogens is 1. The number of amides is 2. The molecule has 96 valence electrons. The summed E-state index contributed by atoms with van der Waals surface area (Å²) >= 11 is 0. The van der Waals surface area contributed by atoms with E-state index in [1.54, 1.807) is 12.3 Å². The van der Waals surface area contributed by atoms with Crippen LogP contribution in [-0.4, -0.2) is 23.3 Å². The number of hydrogen-bond donors (Lipinski definition) is 2. The normalized spacial score (nSPS) is 9.56. The fourth-order valence-electron chi connectivity index (χ4n) is 1.28. The number of nitrogens with one attached hydrogen (secondary N) is 2. The maximum atomic E-state index is 11.5. The number of nitrogens with zero attached hydrogens (tertiary/aromatic N) is 1. The molecule has 0 aliphatic carbocycles. The molecule has 18 heavy (non-hydrogen) atoms. The average molecular weight is 247 g/mol. The van der Waals surface area contributed by atoms with Crippen LogP contribution in [0.4, 0.5) is 0 Å². The molecule has 0 unspecified atom stereocenters. The molecule has 0 bridgehead atoms. The van der Waals surface area contributed by atoms with Crippen LogP contribution in [0.2, 0.25) is 0 Å². The molecule has 0 fully saturated rings. The standard InChI is InChI=1S/C13H17N3O2/c1-2-8-15-12(17)6-7-13(18)16-10-11-5-3-4-9-14-11/h2-5,9H,1,6-8,10H2,(H,15,17)(H,16,18). The molecule has 5 nitrogen and oxygen atoms in total. The summed E-state index contributed by atoms with van der Waals surface area (Å²) in [6, 6.07) is 5.50. The van der Waals surface area contributed by atoms with Crippen LogP contribution >= 0.6 is 0 Å². The van der Waals surface area contributed by atoms with Crippen molar-refractivity contribution in [1.82, 2.24) is 15.6 Å². The Hall–Kier alpha value is -2.17. The van der Waals surface area contributed by atoms with Crippen molar-refractivity contribution in [2.75, 3.05) is 6.54 Å². The maximum absolute atomic E-state index is 11.5. The molecule has 1 aromatic heterocycles. The van der Waals surface area contributed by atoms with Gasteiger partial charge in [0.2, 0.25) is 11.8 Å². The minimum absolute atomic E-state index is 0.150. The highest BCUT2D eigenvalue weighted by Crippen LogP contribution is 1.94. The van der Waals surface area contributed by atoms with Crippen LogP contribution in [0, 0.1) is 0 Å². The minimum Gasteiger partial charge on any atom is -0.353 e. The first-order valence-electron chi connectivity index (χ1n) is 5.76. The van der Waals surface area contributed by atoms with Crippen LogP contribution in [0.3, 0.4) is 0 Å². The van der Waals surface area contributed by atoms with E-state index in [-0.39, 0.29) is 24.7 Å². The monoisotopic (exact) mass is 247 g/mol. The predicted octanol–water partition coefficient (Wildman–Crippen LogP) is 0.780. The van der Waals surface area contributed by atoms with Crippen molar-refractivity contribution in [3.8, 4) is 0 Å². The minimum atomic E-state index is -0.158. The molecule has 0 aromatic carbocycles. The van der Waals surface area contributed by atoms with E-state index >= 15 is 0 Å². The van der Waals surface area contributed by atoms with Crippen LogP contribution in [0.1, 0.15) is 18.5 Å². The summed E-state index contributed by atoms with van der Waals surface area (Å²) in [5.74, 6) is -0.308. The van der Waals surface area contributed by atoms with Gasteiger partial charge in [0, 0.05) is 25.6 Å². The van der Waals surface area contributed by atoms with Gasteiger partial charge in [0.05, 0.1) is 12.2 Å². The molecule has 1 aromatic rings. The van der Waals surface area contributed by atoms with Gasteiger partial charge in [-0.3, -0.25) is 14.6 Å². The highest BCUT2D eigenvalue weighted by molar-refractivity contribution is 5.83. The average Bonchev–Trinajstić information content (AvgIpc) is 2.41. The predicted molar refractivity (Wildman–Crippen MR) is 68.5 cm³/mol. The molecular weight excluding hydrogens is 230 g/mol. The van der Waals surface area contributed by atoms with Crippen molar-refractivity contribution in [1.29, 1.82) is 0 Å². The Kier molecular flexibility index (Phi) is 6.17. The van der Waals surface area contributed by atoms with Crippen LogP contribution in [0.15, 0.2) is 37.1 Å². The lowest BCUT2D eigenvalue weighted by atomic mass is 10.2. The SMILES string of the molecule is C=CCNC(=O)CCC(=O)NCc1ccccn1. The van der Waals surface area contributed by atoms with Gasteiger partial charge in [0.25, 0.3) is 0 Å². The quantitative estimate of drug-likeness (QED) is 0.699. The van der Waals surface area contributed by atoms with E-state index in [9.17, 15) is 9.59 Å². The largest absolute Gasteiger partial charge is 0.353 e. The Balaban J connectivity index is 2.18. The summed E-state index contributed by atoms with van der Waals surface area (Å²) < 4.78 is 0. The molecule has 0 radical (unpaired) electrons. The Labute approximate surface area is 106 Å². The number of rotatable bonds is 7. The fraction of sp³-hybridized carbons (Fsp3) is 0.308. The molecule has 0 aliphatic rings. The number of carbonyl (C=O) groups excluding carboxylic acids is 2. The molecule has 2 amide bonds. The second-order valence-electron chi connectivity index (χ2n) is 3.69. The van der Waals surface area contributed by atoms with E-state index in [0.29, 0.717) is 13.1 Å². The van der Waals surface area contributed by atoms with Crippen molar-refractivity contribution in [2.45, 2.75) is 19.4 Å². The molecule has 0 saturated carbocycles. The number of pyridine rings is 1. The smallest absolute Gasteiger partial charge is 0.220 e. The van der Waals surface area contributed by atoms with Gasteiger partial charge >= 0.3 is 0 Å². The molecular formula is C13H17N3O2. The van der Waals surface area contributed by atoms with Crippen LogP contribution in [-0.2, 0) is 16.1 Å². The number of carbonyl (C=O) groups is 2. The van der Waals surface area contributed by atoms with Crippen molar-refractivity contribution in [3.63, 3.8) is 0 Å². The van der Waals surface area contributed by atoms with Crippen molar-refractivity contribution in [3.05, 3.63) is 42.7 Å². The van der Waals surface area contributed by atoms with Gasteiger partial charge in [-0.1, -0.05) is 12.1 Å². The van der Waals surface area contributed by atoms with Gasteiger partial charge in [-0.25, -0.2) is 0 Å². The molecule has 0 aliphatic heterocycles. The zero-order chi connectivity index (χ0) is 13.2. The third-order valence-electron chi connectivity index (χ3n) is 2.22. The molecule has 0 atom stereocenters. The molecule has 5 heteroatoms. The summed E-state index contributed by atoms with van der Waals surface area (Å²) in [5.41, 5.74) is 0.793. The molecule has 1 heterocycles. The van der Waals surface area contributed by atoms with Gasteiger partial charge < -0.3 is 10.6 Å². The first-order valence-corrected chi connectivity index (χ1v) is 5.76. The van der Waals surface area contributed by atoms with Gasteiger partial charge in [-0.2, -0.15) is 0 Å². The zero-order valence-electron chi connectivity index (χ0n) is 10.2. The van der Waals surface area contributed by atoms with Gasteiger partial charge in [0.15, 0.2) is 0 Å². The van der Waals surface area contributed by atoms with Crippen LogP contribution in [0.5, 0.6) is 0 Å². The Morgan fingerprint density at radius 2 is 1.94 bits per heavy atom. The summed E-state index contributed by atoms with van der Waals surface area (Å²) in [4.78, 5) is 26.8. The summed E-state index contributed by atoms with van der Waals surface area (Å²) in [7, 11) is 0. The number of hydrogen-bond acceptors (Lipinski definition) is 3. The third kappa shape index (κ3) is 5.79. The van der Waals surface area contributed by atoms with Crippen LogP contribution < -0.4 is 10.6 Å². The Morgan fingerprint density at radius 1 is 1.22 bits per heavy atom. The van der Waals surface area contributed by atoms with Crippen molar-refractivity contribution < 1.29 is 9.59 Å². The zero-order valence-corrected chi connectivity index (χ0v) is 10.2. The molecule has 2 N–H and O–H groups in total. The fourth-order valence-corrected chi connectivity index (χ4v) is 1.28. The van der Waals surface area contributed by atoms with Gasteiger partial charge in [0.1, 0.15) is 0 Å². The molecule has 1 rings (SSSR count). The van der Waals surface area contributed by atoms with E-state index in [1.807, 2.05) is 18.2 Å². The second kappa shape index (κ2) is 8.00. The maximum Gasteiger partial charge on any atom is 0.220 e. The second-order valence-corrected chi connectivity index (χ2v) is 3.69. The lowest BCUT2D eigenvalue weighted by Crippen LogP contribution is -2.27. The first-order chi connectivity index (χ1) is 8.72. The third-order valence-corrected chi connectivity index (χ3v) is 2.22. The topological polar surface area (TPSA) is 71.1 Å². The van der Waals surface area contributed by atoms with Crippen LogP contribution in [0.25, 0.3) is 0 Å². The van der Waals surface area contributed by atoms with E-state index < -0.39 is 0 Å². The first kappa shape index (κ1) is 13.9. The van der Waals surface area contributed by atoms with E-state index in [4.69, 9.17) is 0 Å². The highest BCUT2D eigenvalue weighted by atomic mass is 16.2. The lowest BCUT2D eigenvalue weighted by Gasteiger charge is -2.04. The van der Waals surface area contributed by atoms with Crippen molar-refractivity contribution in [2.24, 2.45) is 0 Å².